The molecule has 1 fully saturated rings. The lowest BCUT2D eigenvalue weighted by Gasteiger charge is -2.34. The molecule has 186 valence electrons. The zero-order valence-electron chi connectivity index (χ0n) is 19.5. The summed E-state index contributed by atoms with van der Waals surface area (Å²) in [4.78, 5) is 15.2. The monoisotopic (exact) mass is 486 g/mol. The van der Waals surface area contributed by atoms with Crippen LogP contribution in [0.3, 0.4) is 0 Å². The van der Waals surface area contributed by atoms with Crippen LogP contribution in [-0.2, 0) is 6.18 Å². The van der Waals surface area contributed by atoms with Crippen LogP contribution in [0.1, 0.15) is 35.7 Å². The third kappa shape index (κ3) is 6.13. The van der Waals surface area contributed by atoms with Crippen molar-refractivity contribution in [1.82, 2.24) is 10.2 Å². The minimum absolute atomic E-state index is 0.0313. The van der Waals surface area contributed by atoms with Gasteiger partial charge in [-0.2, -0.15) is 13.2 Å². The molecular weight excluding hydrogens is 457 g/mol. The van der Waals surface area contributed by atoms with Crippen molar-refractivity contribution in [3.63, 3.8) is 0 Å². The summed E-state index contributed by atoms with van der Waals surface area (Å²) < 4.78 is 44.3. The number of amides is 1. The molecule has 0 spiro atoms. The number of hydrogen-bond acceptors (Lipinski definition) is 4. The largest absolute Gasteiger partial charge is 0.457 e. The van der Waals surface area contributed by atoms with E-state index in [1.165, 1.54) is 12.1 Å². The average Bonchev–Trinajstić information content (AvgIpc) is 2.84. The number of rotatable bonds is 7. The molecule has 0 bridgehead atoms. The third-order valence-corrected chi connectivity index (χ3v) is 6.63. The number of ether oxygens (including phenoxy) is 1. The summed E-state index contributed by atoms with van der Waals surface area (Å²) in [7, 11) is 0. The smallest absolute Gasteiger partial charge is 0.416 e. The van der Waals surface area contributed by atoms with Crippen LogP contribution in [0, 0.1) is 5.92 Å². The van der Waals surface area contributed by atoms with Crippen molar-refractivity contribution in [2.45, 2.75) is 32.0 Å². The first-order valence-corrected chi connectivity index (χ1v) is 11.8. The highest BCUT2D eigenvalue weighted by Crippen LogP contribution is 2.34. The Morgan fingerprint density at radius 3 is 2.49 bits per heavy atom. The van der Waals surface area contributed by atoms with Crippen LogP contribution in [0.2, 0.25) is 0 Å². The first kappa shape index (κ1) is 25.0. The highest BCUT2D eigenvalue weighted by Gasteiger charge is 2.30. The van der Waals surface area contributed by atoms with Gasteiger partial charge in [0.25, 0.3) is 5.91 Å². The fourth-order valence-corrected chi connectivity index (χ4v) is 4.55. The molecule has 1 aliphatic heterocycles. The molecule has 1 atom stereocenters. The lowest BCUT2D eigenvalue weighted by atomic mass is 9.90. The van der Waals surface area contributed by atoms with E-state index in [1.807, 2.05) is 13.0 Å². The highest BCUT2D eigenvalue weighted by molar-refractivity contribution is 6.00. The van der Waals surface area contributed by atoms with Crippen molar-refractivity contribution >= 4 is 16.7 Å². The molecule has 0 aromatic heterocycles. The van der Waals surface area contributed by atoms with E-state index in [0.717, 1.165) is 48.8 Å². The van der Waals surface area contributed by atoms with E-state index >= 15 is 0 Å². The van der Waals surface area contributed by atoms with Crippen LogP contribution in [0.5, 0.6) is 11.5 Å². The zero-order chi connectivity index (χ0) is 25.0. The van der Waals surface area contributed by atoms with Gasteiger partial charge in [-0.15, -0.1) is 0 Å². The number of β-amino-alcohol motifs (C(OH)–C–C–N with tert-alkyl or cyclic N) is 1. The Morgan fingerprint density at radius 1 is 1.11 bits per heavy atom. The number of aliphatic hydroxyl groups is 1. The second-order valence-corrected chi connectivity index (χ2v) is 8.98. The van der Waals surface area contributed by atoms with Crippen LogP contribution >= 0.6 is 0 Å². The van der Waals surface area contributed by atoms with Crippen LogP contribution in [0.4, 0.5) is 13.2 Å². The lowest BCUT2D eigenvalue weighted by Crippen LogP contribution is -2.44. The minimum Gasteiger partial charge on any atom is -0.457 e. The van der Waals surface area contributed by atoms with Gasteiger partial charge in [0.1, 0.15) is 11.5 Å². The lowest BCUT2D eigenvalue weighted by molar-refractivity contribution is -0.137. The number of benzene rings is 3. The number of aliphatic hydroxyl groups excluding tert-OH is 1. The van der Waals surface area contributed by atoms with Gasteiger partial charge in [0.2, 0.25) is 0 Å². The molecule has 35 heavy (non-hydrogen) atoms. The topological polar surface area (TPSA) is 61.8 Å². The van der Waals surface area contributed by atoms with E-state index in [4.69, 9.17) is 9.84 Å². The number of fused-ring (bicyclic) bond motifs is 1. The SMILES string of the molecule is C[C@@H](NC(=O)c1ccc2c(Oc3ccc(C(F)(F)F)cc3)cccc2c1)C1CCN(CCO)CC1. The second kappa shape index (κ2) is 10.7. The molecule has 1 aliphatic rings. The fraction of sp³-hybridized carbons (Fsp3) is 0.370. The number of hydrogen-bond donors (Lipinski definition) is 2. The van der Waals surface area contributed by atoms with Gasteiger partial charge in [0.05, 0.1) is 12.2 Å². The van der Waals surface area contributed by atoms with Gasteiger partial charge >= 0.3 is 6.18 Å². The Morgan fingerprint density at radius 2 is 1.83 bits per heavy atom. The first-order chi connectivity index (χ1) is 16.7. The summed E-state index contributed by atoms with van der Waals surface area (Å²) in [5.74, 6) is 1.03. The van der Waals surface area contributed by atoms with Gasteiger partial charge in [-0.05, 0) is 92.7 Å². The Kier molecular flexibility index (Phi) is 7.62. The predicted molar refractivity (Wildman–Crippen MR) is 129 cm³/mol. The summed E-state index contributed by atoms with van der Waals surface area (Å²) in [6.07, 6.45) is -2.45. The molecule has 0 radical (unpaired) electrons. The van der Waals surface area contributed by atoms with E-state index in [2.05, 4.69) is 10.2 Å². The van der Waals surface area contributed by atoms with Gasteiger partial charge in [0.15, 0.2) is 0 Å². The van der Waals surface area contributed by atoms with Crippen LogP contribution < -0.4 is 10.1 Å². The predicted octanol–water partition coefficient (Wildman–Crippen LogP) is 5.47. The van der Waals surface area contributed by atoms with Gasteiger partial charge in [-0.3, -0.25) is 4.79 Å². The van der Waals surface area contributed by atoms with Crippen LogP contribution in [0.15, 0.2) is 60.7 Å². The van der Waals surface area contributed by atoms with Gasteiger partial charge in [0, 0.05) is 23.5 Å². The summed E-state index contributed by atoms with van der Waals surface area (Å²) in [5.41, 5.74) is -0.197. The molecule has 3 aromatic rings. The third-order valence-electron chi connectivity index (χ3n) is 6.63. The molecule has 4 rings (SSSR count). The molecule has 0 aliphatic carbocycles. The number of carbonyl (C=O) groups is 1. The molecule has 5 nitrogen and oxygen atoms in total. The number of carbonyl (C=O) groups excluding carboxylic acids is 1. The quantitative estimate of drug-likeness (QED) is 0.465. The maximum atomic E-state index is 12.9. The number of alkyl halides is 3. The standard InChI is InChI=1S/C27H29F3N2O3/c1-18(19-11-13-32(14-12-19)15-16-33)31-26(34)21-5-10-24-20(17-21)3-2-4-25(24)35-23-8-6-22(7-9-23)27(28,29)30/h2-10,17-19,33H,11-16H2,1H3,(H,31,34)/t18-/m1/s1. The molecule has 1 heterocycles. The van der Waals surface area contributed by atoms with Crippen molar-refractivity contribution < 1.29 is 27.8 Å². The average molecular weight is 487 g/mol. The van der Waals surface area contributed by atoms with Crippen molar-refractivity contribution in [3.05, 3.63) is 71.8 Å². The van der Waals surface area contributed by atoms with Gasteiger partial charge in [-0.25, -0.2) is 0 Å². The van der Waals surface area contributed by atoms with E-state index in [-0.39, 0.29) is 18.6 Å². The summed E-state index contributed by atoms with van der Waals surface area (Å²) >= 11 is 0. The van der Waals surface area contributed by atoms with E-state index in [9.17, 15) is 18.0 Å². The molecule has 3 aromatic carbocycles. The van der Waals surface area contributed by atoms with E-state index < -0.39 is 11.7 Å². The Labute approximate surface area is 202 Å². The second-order valence-electron chi connectivity index (χ2n) is 8.98. The van der Waals surface area contributed by atoms with E-state index in [1.54, 1.807) is 30.3 Å². The Hall–Kier alpha value is -3.10. The molecule has 0 unspecified atom stereocenters. The maximum absolute atomic E-state index is 12.9. The van der Waals surface area contributed by atoms with Crippen LogP contribution in [-0.4, -0.2) is 48.2 Å². The number of nitrogens with one attached hydrogen (secondary N) is 1. The Balaban J connectivity index is 1.43. The maximum Gasteiger partial charge on any atom is 0.416 e. The zero-order valence-corrected chi connectivity index (χ0v) is 19.5. The fourth-order valence-electron chi connectivity index (χ4n) is 4.55. The summed E-state index contributed by atoms with van der Waals surface area (Å²) in [5, 5.41) is 13.8. The van der Waals surface area contributed by atoms with Gasteiger partial charge < -0.3 is 20.1 Å². The first-order valence-electron chi connectivity index (χ1n) is 11.8. The molecule has 8 heteroatoms. The number of nitrogens with zero attached hydrogens (tertiary/aromatic N) is 1. The van der Waals surface area contributed by atoms with Crippen molar-refractivity contribution in [2.24, 2.45) is 5.92 Å². The molecule has 2 N–H and O–H groups in total. The molecule has 1 saturated heterocycles. The number of likely N-dealkylation sites (tertiary alicyclic amines) is 1. The van der Waals surface area contributed by atoms with Crippen molar-refractivity contribution in [3.8, 4) is 11.5 Å². The number of halogens is 3. The molecular formula is C27H29F3N2O3. The number of piperidine rings is 1. The highest BCUT2D eigenvalue weighted by atomic mass is 19.4. The Bertz CT molecular complexity index is 1160. The van der Waals surface area contributed by atoms with Crippen molar-refractivity contribution in [1.29, 1.82) is 0 Å². The molecule has 1 amide bonds. The van der Waals surface area contributed by atoms with Crippen LogP contribution in [0.25, 0.3) is 10.8 Å². The van der Waals surface area contributed by atoms with E-state index in [0.29, 0.717) is 29.5 Å². The molecule has 0 saturated carbocycles. The van der Waals surface area contributed by atoms with Crippen molar-refractivity contribution in [2.75, 3.05) is 26.2 Å². The minimum atomic E-state index is -4.40. The normalized spacial score (nSPS) is 16.3. The summed E-state index contributed by atoms with van der Waals surface area (Å²) in [6, 6.07) is 15.3. The summed E-state index contributed by atoms with van der Waals surface area (Å²) in [6.45, 7) is 4.72. The van der Waals surface area contributed by atoms with Gasteiger partial charge in [-0.1, -0.05) is 12.1 Å².